The Labute approximate surface area is 118 Å². The van der Waals surface area contributed by atoms with Crippen LogP contribution in [0.3, 0.4) is 0 Å². The molecule has 1 aromatic carbocycles. The minimum atomic E-state index is -1.32. The SMILES string of the molecule is C/C(=N\[S@+]([O-])C(C)(C)C)c1cc(F)ccc1I. The summed E-state index contributed by atoms with van der Waals surface area (Å²) in [5.74, 6) is -0.309. The fraction of sp³-hybridized carbons (Fsp3) is 0.417. The van der Waals surface area contributed by atoms with Crippen LogP contribution < -0.4 is 0 Å². The quantitative estimate of drug-likeness (QED) is 0.446. The average molecular weight is 367 g/mol. The van der Waals surface area contributed by atoms with Gasteiger partial charge >= 0.3 is 0 Å². The van der Waals surface area contributed by atoms with Gasteiger partial charge in [-0.05, 0) is 68.5 Å². The van der Waals surface area contributed by atoms with E-state index in [0.29, 0.717) is 11.3 Å². The zero-order valence-corrected chi connectivity index (χ0v) is 13.2. The molecule has 0 fully saturated rings. The molecule has 0 heterocycles. The van der Waals surface area contributed by atoms with Crippen molar-refractivity contribution in [1.82, 2.24) is 0 Å². The lowest BCUT2D eigenvalue weighted by atomic mass is 10.1. The lowest BCUT2D eigenvalue weighted by Gasteiger charge is -2.19. The van der Waals surface area contributed by atoms with Gasteiger partial charge in [-0.25, -0.2) is 4.39 Å². The maximum absolute atomic E-state index is 13.1. The highest BCUT2D eigenvalue weighted by atomic mass is 127. The molecule has 0 aromatic heterocycles. The highest BCUT2D eigenvalue weighted by Gasteiger charge is 2.27. The van der Waals surface area contributed by atoms with Crippen molar-refractivity contribution in [3.63, 3.8) is 0 Å². The average Bonchev–Trinajstić information content (AvgIpc) is 2.20. The summed E-state index contributed by atoms with van der Waals surface area (Å²) in [6.07, 6.45) is 0. The second-order valence-electron chi connectivity index (χ2n) is 4.66. The van der Waals surface area contributed by atoms with Gasteiger partial charge in [0.1, 0.15) is 21.9 Å². The molecule has 0 amide bonds. The molecule has 1 rings (SSSR count). The van der Waals surface area contributed by atoms with Gasteiger partial charge in [0.25, 0.3) is 0 Å². The van der Waals surface area contributed by atoms with E-state index in [2.05, 4.69) is 27.0 Å². The Hall–Kier alpha value is -0.140. The molecule has 0 spiro atoms. The predicted octanol–water partition coefficient (Wildman–Crippen LogP) is 3.70. The summed E-state index contributed by atoms with van der Waals surface area (Å²) in [7, 11) is 0. The molecule has 0 aliphatic carbocycles. The second-order valence-corrected chi connectivity index (χ2v) is 7.73. The fourth-order valence-electron chi connectivity index (χ4n) is 1.09. The van der Waals surface area contributed by atoms with Crippen LogP contribution in [0.4, 0.5) is 4.39 Å². The Balaban J connectivity index is 3.08. The molecule has 0 radical (unpaired) electrons. The van der Waals surface area contributed by atoms with Crippen molar-refractivity contribution < 1.29 is 8.94 Å². The molecule has 0 N–H and O–H groups in total. The largest absolute Gasteiger partial charge is 0.591 e. The summed E-state index contributed by atoms with van der Waals surface area (Å²) in [6, 6.07) is 4.50. The van der Waals surface area contributed by atoms with Gasteiger partial charge in [0.15, 0.2) is 0 Å². The third kappa shape index (κ3) is 4.22. The predicted molar refractivity (Wildman–Crippen MR) is 79.2 cm³/mol. The van der Waals surface area contributed by atoms with Gasteiger partial charge in [-0.2, -0.15) is 0 Å². The molecule has 0 aliphatic rings. The summed E-state index contributed by atoms with van der Waals surface area (Å²) in [6.45, 7) is 7.32. The molecule has 0 unspecified atom stereocenters. The van der Waals surface area contributed by atoms with Gasteiger partial charge in [0.2, 0.25) is 0 Å². The van der Waals surface area contributed by atoms with Crippen LogP contribution in [0.15, 0.2) is 22.6 Å². The van der Waals surface area contributed by atoms with E-state index in [1.807, 2.05) is 20.8 Å². The minimum Gasteiger partial charge on any atom is -0.591 e. The van der Waals surface area contributed by atoms with E-state index in [4.69, 9.17) is 0 Å². The molecule has 0 bridgehead atoms. The van der Waals surface area contributed by atoms with Crippen LogP contribution in [-0.2, 0) is 11.4 Å². The van der Waals surface area contributed by atoms with Crippen LogP contribution in [0.25, 0.3) is 0 Å². The summed E-state index contributed by atoms with van der Waals surface area (Å²) < 4.78 is 29.7. The zero-order valence-electron chi connectivity index (χ0n) is 10.3. The molecule has 17 heavy (non-hydrogen) atoms. The first kappa shape index (κ1) is 14.9. The van der Waals surface area contributed by atoms with E-state index in [1.165, 1.54) is 12.1 Å². The van der Waals surface area contributed by atoms with E-state index in [9.17, 15) is 8.94 Å². The van der Waals surface area contributed by atoms with Crippen LogP contribution in [-0.4, -0.2) is 15.0 Å². The minimum absolute atomic E-state index is 0.309. The van der Waals surface area contributed by atoms with Crippen molar-refractivity contribution in [2.24, 2.45) is 4.40 Å². The third-order valence-corrected chi connectivity index (χ3v) is 4.49. The van der Waals surface area contributed by atoms with Gasteiger partial charge in [-0.3, -0.25) is 0 Å². The molecule has 5 heteroatoms. The van der Waals surface area contributed by atoms with Crippen molar-refractivity contribution in [3.8, 4) is 0 Å². The van der Waals surface area contributed by atoms with Crippen LogP contribution in [0.5, 0.6) is 0 Å². The molecular formula is C12H15FINOS. The number of halogens is 2. The van der Waals surface area contributed by atoms with Crippen LogP contribution in [0, 0.1) is 9.39 Å². The van der Waals surface area contributed by atoms with E-state index < -0.39 is 16.1 Å². The normalized spacial score (nSPS) is 14.9. The molecular weight excluding hydrogens is 352 g/mol. The van der Waals surface area contributed by atoms with Gasteiger partial charge in [0, 0.05) is 9.13 Å². The van der Waals surface area contributed by atoms with Crippen molar-refractivity contribution in [1.29, 1.82) is 0 Å². The van der Waals surface area contributed by atoms with Gasteiger partial charge < -0.3 is 4.55 Å². The van der Waals surface area contributed by atoms with Crippen molar-refractivity contribution >= 4 is 39.7 Å². The lowest BCUT2D eigenvalue weighted by Crippen LogP contribution is -2.26. The van der Waals surface area contributed by atoms with Crippen LogP contribution in [0.2, 0.25) is 0 Å². The van der Waals surface area contributed by atoms with Crippen LogP contribution in [0.1, 0.15) is 33.3 Å². The lowest BCUT2D eigenvalue weighted by molar-refractivity contribution is 0.561. The summed E-state index contributed by atoms with van der Waals surface area (Å²) in [5, 5.41) is 0. The zero-order chi connectivity index (χ0) is 13.2. The smallest absolute Gasteiger partial charge is 0.144 e. The van der Waals surface area contributed by atoms with Crippen molar-refractivity contribution in [2.45, 2.75) is 32.4 Å². The third-order valence-electron chi connectivity index (χ3n) is 2.06. The van der Waals surface area contributed by atoms with Crippen LogP contribution >= 0.6 is 22.6 Å². The first-order valence-corrected chi connectivity index (χ1v) is 7.33. The van der Waals surface area contributed by atoms with Crippen molar-refractivity contribution in [3.05, 3.63) is 33.1 Å². The maximum atomic E-state index is 13.1. The highest BCUT2D eigenvalue weighted by molar-refractivity contribution is 14.1. The van der Waals surface area contributed by atoms with Gasteiger partial charge in [0.05, 0.1) is 5.71 Å². The molecule has 1 atom stereocenters. The maximum Gasteiger partial charge on any atom is 0.144 e. The number of hydrogen-bond acceptors (Lipinski definition) is 2. The van der Waals surface area contributed by atoms with Gasteiger partial charge in [-0.1, -0.05) is 4.40 Å². The van der Waals surface area contributed by atoms with E-state index in [-0.39, 0.29) is 5.82 Å². The Bertz CT molecular complexity index is 443. The number of hydrogen-bond donors (Lipinski definition) is 0. The topological polar surface area (TPSA) is 35.4 Å². The molecule has 0 saturated carbocycles. The fourth-order valence-corrected chi connectivity index (χ4v) is 2.43. The molecule has 0 saturated heterocycles. The van der Waals surface area contributed by atoms with Gasteiger partial charge in [-0.15, -0.1) is 0 Å². The summed E-state index contributed by atoms with van der Waals surface area (Å²) >= 11 is 0.793. The molecule has 94 valence electrons. The first-order chi connectivity index (χ1) is 7.71. The molecule has 2 nitrogen and oxygen atoms in total. The Morgan fingerprint density at radius 1 is 1.41 bits per heavy atom. The highest BCUT2D eigenvalue weighted by Crippen LogP contribution is 2.20. The summed E-state index contributed by atoms with van der Waals surface area (Å²) in [4.78, 5) is 0. The van der Waals surface area contributed by atoms with E-state index >= 15 is 0 Å². The number of nitrogens with zero attached hydrogens (tertiary/aromatic N) is 1. The Kier molecular flexibility index (Phi) is 4.97. The monoisotopic (exact) mass is 367 g/mol. The molecule has 1 aromatic rings. The second kappa shape index (κ2) is 5.67. The first-order valence-electron chi connectivity index (χ1n) is 5.14. The van der Waals surface area contributed by atoms with E-state index in [0.717, 1.165) is 3.57 Å². The Morgan fingerprint density at radius 3 is 2.53 bits per heavy atom. The number of benzene rings is 1. The molecule has 0 aliphatic heterocycles. The van der Waals surface area contributed by atoms with E-state index in [1.54, 1.807) is 13.0 Å². The standard InChI is InChI=1S/C12H15FINOS/c1-8(15-17(16)12(2,3)4)10-7-9(13)5-6-11(10)14/h5-7H,1-4H3/b15-8+/t17-/m1/s1. The summed E-state index contributed by atoms with van der Waals surface area (Å²) in [5.41, 5.74) is 1.30. The Morgan fingerprint density at radius 2 is 2.00 bits per heavy atom. The number of rotatable bonds is 2. The van der Waals surface area contributed by atoms with Crippen molar-refractivity contribution in [2.75, 3.05) is 0 Å².